The number of ether oxygens (including phenoxy) is 2. The van der Waals surface area contributed by atoms with Gasteiger partial charge in [0.2, 0.25) is 0 Å². The van der Waals surface area contributed by atoms with E-state index in [0.29, 0.717) is 16.4 Å². The lowest BCUT2D eigenvalue weighted by Crippen LogP contribution is -2.17. The Hall–Kier alpha value is -1.89. The lowest BCUT2D eigenvalue weighted by molar-refractivity contribution is -0.141. The summed E-state index contributed by atoms with van der Waals surface area (Å²) in [4.78, 5) is 24.5. The maximum atomic E-state index is 11.6. The number of carbonyl (C=O) groups excluding carboxylic acids is 2. The van der Waals surface area contributed by atoms with E-state index in [9.17, 15) is 9.59 Å². The molecule has 128 valence electrons. The van der Waals surface area contributed by atoms with Crippen LogP contribution in [0.15, 0.2) is 30.3 Å². The van der Waals surface area contributed by atoms with E-state index in [0.717, 1.165) is 16.0 Å². The smallest absolute Gasteiger partial charge is 0.348 e. The molecule has 2 rings (SSSR count). The molecule has 1 heterocycles. The van der Waals surface area contributed by atoms with Gasteiger partial charge in [0.15, 0.2) is 0 Å². The normalized spacial score (nSPS) is 11.8. The Balaban J connectivity index is 2.36. The van der Waals surface area contributed by atoms with Crippen LogP contribution < -0.4 is 5.73 Å². The van der Waals surface area contributed by atoms with Crippen molar-refractivity contribution in [2.75, 3.05) is 20.8 Å². The molecular weight excluding hydrogens is 350 g/mol. The maximum Gasteiger partial charge on any atom is 0.348 e. The summed E-state index contributed by atoms with van der Waals surface area (Å²) in [6, 6.07) is 9.03. The minimum Gasteiger partial charge on any atom is -0.469 e. The van der Waals surface area contributed by atoms with Gasteiger partial charge in [0.25, 0.3) is 0 Å². The van der Waals surface area contributed by atoms with Crippen molar-refractivity contribution in [3.8, 4) is 10.4 Å². The number of esters is 2. The third kappa shape index (κ3) is 4.14. The van der Waals surface area contributed by atoms with Crippen LogP contribution in [0.1, 0.15) is 27.6 Å². The Morgan fingerprint density at radius 2 is 1.96 bits per heavy atom. The Kier molecular flexibility index (Phi) is 6.36. The van der Waals surface area contributed by atoms with Crippen LogP contribution in [0.5, 0.6) is 0 Å². The second-order valence-electron chi connectivity index (χ2n) is 5.11. The standard InChI is InChI=1S/C17H18ClNO4S/c1-22-16(20)8-11(9-19)10-3-4-13(18)12(7-10)14-5-6-15(24-14)17(21)23-2/h3-7,11H,8-9,19H2,1-2H3/t11-/m0/s1. The van der Waals surface area contributed by atoms with Crippen molar-refractivity contribution in [3.63, 3.8) is 0 Å². The second-order valence-corrected chi connectivity index (χ2v) is 6.60. The van der Waals surface area contributed by atoms with E-state index in [4.69, 9.17) is 26.8 Å². The molecule has 0 bridgehead atoms. The molecule has 0 aliphatic heterocycles. The molecule has 7 heteroatoms. The van der Waals surface area contributed by atoms with E-state index >= 15 is 0 Å². The largest absolute Gasteiger partial charge is 0.469 e. The van der Waals surface area contributed by atoms with E-state index in [1.54, 1.807) is 12.1 Å². The third-order valence-electron chi connectivity index (χ3n) is 3.65. The fourth-order valence-electron chi connectivity index (χ4n) is 2.30. The summed E-state index contributed by atoms with van der Waals surface area (Å²) in [5.74, 6) is -0.858. The minimum absolute atomic E-state index is 0.159. The van der Waals surface area contributed by atoms with Gasteiger partial charge < -0.3 is 15.2 Å². The van der Waals surface area contributed by atoms with E-state index in [1.807, 2.05) is 18.2 Å². The number of carbonyl (C=O) groups is 2. The van der Waals surface area contributed by atoms with Crippen LogP contribution in [0, 0.1) is 0 Å². The quantitative estimate of drug-likeness (QED) is 0.791. The van der Waals surface area contributed by atoms with Gasteiger partial charge >= 0.3 is 11.9 Å². The second kappa shape index (κ2) is 8.28. The molecular formula is C17H18ClNO4S. The Bertz CT molecular complexity index is 744. The molecule has 1 aromatic heterocycles. The van der Waals surface area contributed by atoms with Gasteiger partial charge in [-0.25, -0.2) is 4.79 Å². The zero-order chi connectivity index (χ0) is 17.7. The molecule has 0 radical (unpaired) electrons. The fourth-order valence-corrected chi connectivity index (χ4v) is 3.53. The van der Waals surface area contributed by atoms with E-state index in [2.05, 4.69) is 0 Å². The topological polar surface area (TPSA) is 78.6 Å². The molecule has 0 amide bonds. The molecule has 5 nitrogen and oxygen atoms in total. The summed E-state index contributed by atoms with van der Waals surface area (Å²) >= 11 is 7.60. The highest BCUT2D eigenvalue weighted by molar-refractivity contribution is 7.17. The number of hydrogen-bond donors (Lipinski definition) is 1. The number of hydrogen-bond acceptors (Lipinski definition) is 6. The first-order chi connectivity index (χ1) is 11.5. The van der Waals surface area contributed by atoms with Gasteiger partial charge in [-0.1, -0.05) is 17.7 Å². The van der Waals surface area contributed by atoms with E-state index in [-0.39, 0.29) is 24.3 Å². The lowest BCUT2D eigenvalue weighted by atomic mass is 9.94. The molecule has 24 heavy (non-hydrogen) atoms. The summed E-state index contributed by atoms with van der Waals surface area (Å²) in [5, 5.41) is 0.561. The number of rotatable bonds is 6. The SMILES string of the molecule is COC(=O)C[C@@H](CN)c1ccc(Cl)c(-c2ccc(C(=O)OC)s2)c1. The predicted octanol–water partition coefficient (Wildman–Crippen LogP) is 3.46. The fraction of sp³-hybridized carbons (Fsp3) is 0.294. The van der Waals surface area contributed by atoms with Crippen molar-refractivity contribution in [1.82, 2.24) is 0 Å². The molecule has 1 atom stereocenters. The van der Waals surface area contributed by atoms with Gasteiger partial charge in [-0.05, 0) is 36.4 Å². The van der Waals surface area contributed by atoms with Crippen molar-refractivity contribution < 1.29 is 19.1 Å². The zero-order valence-corrected chi connectivity index (χ0v) is 14.9. The summed E-state index contributed by atoms with van der Waals surface area (Å²) < 4.78 is 9.44. The van der Waals surface area contributed by atoms with Gasteiger partial charge in [-0.3, -0.25) is 4.79 Å². The van der Waals surface area contributed by atoms with Gasteiger partial charge in [0, 0.05) is 21.4 Å². The predicted molar refractivity (Wildman–Crippen MR) is 94.5 cm³/mol. The first kappa shape index (κ1) is 18.4. The van der Waals surface area contributed by atoms with Crippen molar-refractivity contribution in [1.29, 1.82) is 0 Å². The van der Waals surface area contributed by atoms with Crippen LogP contribution in [0.3, 0.4) is 0 Å². The number of nitrogens with two attached hydrogens (primary N) is 1. The highest BCUT2D eigenvalue weighted by Crippen LogP contribution is 2.36. The molecule has 2 aromatic rings. The lowest BCUT2D eigenvalue weighted by Gasteiger charge is -2.15. The Morgan fingerprint density at radius 3 is 2.58 bits per heavy atom. The summed E-state index contributed by atoms with van der Waals surface area (Å²) in [7, 11) is 2.69. The van der Waals surface area contributed by atoms with Crippen LogP contribution in [0.4, 0.5) is 0 Å². The summed E-state index contributed by atoms with van der Waals surface area (Å²) in [5.41, 5.74) is 7.49. The van der Waals surface area contributed by atoms with Gasteiger partial charge in [-0.15, -0.1) is 11.3 Å². The first-order valence-electron chi connectivity index (χ1n) is 7.25. The molecule has 0 spiro atoms. The Labute approximate surface area is 149 Å². The zero-order valence-electron chi connectivity index (χ0n) is 13.4. The summed E-state index contributed by atoms with van der Waals surface area (Å²) in [6.07, 6.45) is 0.200. The van der Waals surface area contributed by atoms with Crippen molar-refractivity contribution in [2.45, 2.75) is 12.3 Å². The van der Waals surface area contributed by atoms with Crippen molar-refractivity contribution in [3.05, 3.63) is 45.8 Å². The molecule has 0 aliphatic carbocycles. The first-order valence-corrected chi connectivity index (χ1v) is 8.44. The van der Waals surface area contributed by atoms with Crippen LogP contribution in [0.25, 0.3) is 10.4 Å². The van der Waals surface area contributed by atoms with Gasteiger partial charge in [0.1, 0.15) is 4.88 Å². The maximum absolute atomic E-state index is 11.6. The van der Waals surface area contributed by atoms with Crippen LogP contribution in [0.2, 0.25) is 5.02 Å². The molecule has 0 saturated heterocycles. The van der Waals surface area contributed by atoms with E-state index in [1.165, 1.54) is 25.6 Å². The highest BCUT2D eigenvalue weighted by atomic mass is 35.5. The van der Waals surface area contributed by atoms with Gasteiger partial charge in [0.05, 0.1) is 20.6 Å². The number of halogens is 1. The highest BCUT2D eigenvalue weighted by Gasteiger charge is 2.18. The molecule has 2 N–H and O–H groups in total. The van der Waals surface area contributed by atoms with E-state index < -0.39 is 0 Å². The van der Waals surface area contributed by atoms with Gasteiger partial charge in [-0.2, -0.15) is 0 Å². The molecule has 0 saturated carbocycles. The number of thiophene rings is 1. The van der Waals surface area contributed by atoms with Crippen molar-refractivity contribution >= 4 is 34.9 Å². The monoisotopic (exact) mass is 367 g/mol. The summed E-state index contributed by atoms with van der Waals surface area (Å²) in [6.45, 7) is 0.314. The number of methoxy groups -OCH3 is 2. The average molecular weight is 368 g/mol. The minimum atomic E-state index is -0.385. The average Bonchev–Trinajstić information content (AvgIpc) is 3.09. The van der Waals surface area contributed by atoms with Crippen molar-refractivity contribution in [2.24, 2.45) is 5.73 Å². The molecule has 0 aliphatic rings. The third-order valence-corrected chi connectivity index (χ3v) is 5.07. The molecule has 0 unspecified atom stereocenters. The Morgan fingerprint density at radius 1 is 1.21 bits per heavy atom. The van der Waals surface area contributed by atoms with Crippen LogP contribution in [-0.4, -0.2) is 32.7 Å². The molecule has 1 aromatic carbocycles. The number of benzene rings is 1. The van der Waals surface area contributed by atoms with Crippen LogP contribution in [-0.2, 0) is 14.3 Å². The molecule has 0 fully saturated rings. The van der Waals surface area contributed by atoms with Crippen LogP contribution >= 0.6 is 22.9 Å².